The predicted molar refractivity (Wildman–Crippen MR) is 157 cm³/mol. The summed E-state index contributed by atoms with van der Waals surface area (Å²) in [4.78, 5) is 32.3. The van der Waals surface area contributed by atoms with E-state index in [0.29, 0.717) is 43.6 Å². The van der Waals surface area contributed by atoms with Crippen LogP contribution in [0.25, 0.3) is 6.08 Å². The van der Waals surface area contributed by atoms with Gasteiger partial charge in [-0.05, 0) is 60.5 Å². The number of fused-ring (bicyclic) bond motifs is 1. The summed E-state index contributed by atoms with van der Waals surface area (Å²) in [6.45, 7) is 5.39. The van der Waals surface area contributed by atoms with Crippen LogP contribution in [0, 0.1) is 0 Å². The Balaban J connectivity index is 1.63. The Morgan fingerprint density at radius 2 is 1.76 bits per heavy atom. The largest absolute Gasteiger partial charge is 0.493 e. The van der Waals surface area contributed by atoms with Gasteiger partial charge in [0.05, 0.1) is 36.1 Å². The van der Waals surface area contributed by atoms with E-state index in [0.717, 1.165) is 5.56 Å². The first-order valence-corrected chi connectivity index (χ1v) is 13.6. The summed E-state index contributed by atoms with van der Waals surface area (Å²) in [5.41, 5.74) is 1.87. The van der Waals surface area contributed by atoms with Gasteiger partial charge in [-0.25, -0.2) is 9.79 Å². The first kappa shape index (κ1) is 27.7. The number of nitrogens with zero attached hydrogens (tertiary/aromatic N) is 2. The van der Waals surface area contributed by atoms with Gasteiger partial charge in [0.25, 0.3) is 5.56 Å². The van der Waals surface area contributed by atoms with Crippen molar-refractivity contribution in [2.75, 3.05) is 20.8 Å². The summed E-state index contributed by atoms with van der Waals surface area (Å²) >= 11 is 1.25. The highest BCUT2D eigenvalue weighted by Gasteiger charge is 2.34. The van der Waals surface area contributed by atoms with Crippen molar-refractivity contribution in [3.05, 3.63) is 128 Å². The third-order valence-electron chi connectivity index (χ3n) is 6.43. The number of benzene rings is 3. The summed E-state index contributed by atoms with van der Waals surface area (Å²) < 4.78 is 24.3. The number of carbonyl (C=O) groups is 1. The maximum absolute atomic E-state index is 13.9. The molecule has 41 heavy (non-hydrogen) atoms. The highest BCUT2D eigenvalue weighted by molar-refractivity contribution is 7.07. The molecule has 0 unspecified atom stereocenters. The summed E-state index contributed by atoms with van der Waals surface area (Å²) in [5.74, 6) is 1.77. The average Bonchev–Trinajstić information content (AvgIpc) is 3.29. The number of para-hydroxylation sites is 1. The first-order chi connectivity index (χ1) is 19.9. The molecule has 0 radical (unpaired) electrons. The van der Waals surface area contributed by atoms with Gasteiger partial charge in [-0.2, -0.15) is 0 Å². The zero-order chi connectivity index (χ0) is 28.9. The van der Waals surface area contributed by atoms with Crippen LogP contribution in [0.15, 0.2) is 107 Å². The molecule has 2 heterocycles. The number of hydrogen-bond acceptors (Lipinski definition) is 8. The lowest BCUT2D eigenvalue weighted by molar-refractivity contribution is -0.138. The fourth-order valence-corrected chi connectivity index (χ4v) is 5.62. The van der Waals surface area contributed by atoms with Crippen molar-refractivity contribution >= 4 is 23.4 Å². The fraction of sp³-hybridized carbons (Fsp3) is 0.156. The van der Waals surface area contributed by atoms with Gasteiger partial charge < -0.3 is 18.9 Å². The summed E-state index contributed by atoms with van der Waals surface area (Å²) in [6, 6.07) is 21.4. The molecule has 0 fully saturated rings. The normalized spacial score (nSPS) is 14.6. The van der Waals surface area contributed by atoms with Crippen LogP contribution in [0.5, 0.6) is 23.0 Å². The predicted octanol–water partition coefficient (Wildman–Crippen LogP) is 4.77. The Bertz CT molecular complexity index is 1820. The number of aromatic nitrogens is 1. The molecule has 0 amide bonds. The smallest absolute Gasteiger partial charge is 0.338 e. The molecule has 1 aromatic heterocycles. The van der Waals surface area contributed by atoms with Crippen LogP contribution >= 0.6 is 11.3 Å². The Kier molecular flexibility index (Phi) is 8.16. The molecular formula is C32H28N2O6S. The summed E-state index contributed by atoms with van der Waals surface area (Å²) in [6.07, 6.45) is 3.28. The molecule has 0 saturated heterocycles. The van der Waals surface area contributed by atoms with Gasteiger partial charge in [-0.1, -0.05) is 60.4 Å². The number of hydrogen-bond donors (Lipinski definition) is 0. The highest BCUT2D eigenvalue weighted by atomic mass is 32.1. The SMILES string of the molecule is C=CCOC(=O)C1=C(C)N=c2s/c(=C\c3cccc(Oc4ccccc4)c3)c(=O)n2[C@H]1c1ccc(OC)c(OC)c1. The van der Waals surface area contributed by atoms with Crippen LogP contribution in [-0.2, 0) is 9.53 Å². The number of esters is 1. The van der Waals surface area contributed by atoms with Crippen LogP contribution in [0.2, 0.25) is 0 Å². The van der Waals surface area contributed by atoms with Crippen molar-refractivity contribution in [1.82, 2.24) is 4.57 Å². The molecule has 5 rings (SSSR count). The van der Waals surface area contributed by atoms with E-state index < -0.39 is 12.0 Å². The van der Waals surface area contributed by atoms with Crippen LogP contribution in [0.4, 0.5) is 0 Å². The highest BCUT2D eigenvalue weighted by Crippen LogP contribution is 2.36. The van der Waals surface area contributed by atoms with Crippen molar-refractivity contribution < 1.29 is 23.7 Å². The first-order valence-electron chi connectivity index (χ1n) is 12.8. The molecule has 0 bridgehead atoms. The Morgan fingerprint density at radius 3 is 2.49 bits per heavy atom. The van der Waals surface area contributed by atoms with E-state index in [9.17, 15) is 9.59 Å². The van der Waals surface area contributed by atoms with Crippen LogP contribution in [0.1, 0.15) is 24.1 Å². The van der Waals surface area contributed by atoms with E-state index in [2.05, 4.69) is 11.6 Å². The standard InChI is InChI=1S/C32H28N2O6S/c1-5-16-39-31(36)28-20(2)33-32-34(29(28)22-14-15-25(37-3)26(19-22)38-4)30(35)27(41-32)18-21-10-9-13-24(17-21)40-23-11-7-6-8-12-23/h5-15,17-19,29H,1,16H2,2-4H3/b27-18-/t29-/m0/s1. The van der Waals surface area contributed by atoms with E-state index in [1.807, 2.05) is 54.6 Å². The minimum atomic E-state index is -0.793. The zero-order valence-electron chi connectivity index (χ0n) is 22.8. The lowest BCUT2D eigenvalue weighted by Crippen LogP contribution is -2.40. The van der Waals surface area contributed by atoms with Crippen molar-refractivity contribution in [3.8, 4) is 23.0 Å². The molecule has 3 aromatic carbocycles. The minimum absolute atomic E-state index is 0.0279. The van der Waals surface area contributed by atoms with E-state index >= 15 is 0 Å². The minimum Gasteiger partial charge on any atom is -0.493 e. The van der Waals surface area contributed by atoms with E-state index in [4.69, 9.17) is 18.9 Å². The Hall–Kier alpha value is -4.89. The molecule has 8 nitrogen and oxygen atoms in total. The van der Waals surface area contributed by atoms with Crippen molar-refractivity contribution in [2.45, 2.75) is 13.0 Å². The van der Waals surface area contributed by atoms with Crippen molar-refractivity contribution in [2.24, 2.45) is 4.99 Å². The molecular weight excluding hydrogens is 540 g/mol. The summed E-state index contributed by atoms with van der Waals surface area (Å²) in [5, 5.41) is 0. The van der Waals surface area contributed by atoms with Crippen molar-refractivity contribution in [1.29, 1.82) is 0 Å². The van der Waals surface area contributed by atoms with Gasteiger partial charge in [0.1, 0.15) is 18.1 Å². The number of thiazole rings is 1. The number of carbonyl (C=O) groups excluding carboxylic acids is 1. The molecule has 208 valence electrons. The lowest BCUT2D eigenvalue weighted by atomic mass is 9.95. The number of methoxy groups -OCH3 is 2. The number of rotatable bonds is 9. The molecule has 1 atom stereocenters. The molecule has 9 heteroatoms. The topological polar surface area (TPSA) is 88.4 Å². The number of allylic oxidation sites excluding steroid dienone is 1. The van der Waals surface area contributed by atoms with Gasteiger partial charge >= 0.3 is 5.97 Å². The molecule has 0 N–H and O–H groups in total. The Morgan fingerprint density at radius 1 is 1.00 bits per heavy atom. The molecule has 0 spiro atoms. The monoisotopic (exact) mass is 568 g/mol. The van der Waals surface area contributed by atoms with E-state index in [1.54, 1.807) is 38.3 Å². The molecule has 0 saturated carbocycles. The van der Waals surface area contributed by atoms with Gasteiger partial charge in [-0.3, -0.25) is 9.36 Å². The maximum atomic E-state index is 13.9. The summed E-state index contributed by atoms with van der Waals surface area (Å²) in [7, 11) is 3.08. The average molecular weight is 569 g/mol. The van der Waals surface area contributed by atoms with Gasteiger partial charge in [0.15, 0.2) is 16.3 Å². The lowest BCUT2D eigenvalue weighted by Gasteiger charge is -2.25. The van der Waals surface area contributed by atoms with Gasteiger partial charge in [-0.15, -0.1) is 0 Å². The van der Waals surface area contributed by atoms with Gasteiger partial charge in [0, 0.05) is 0 Å². The second kappa shape index (κ2) is 12.1. The number of ether oxygens (including phenoxy) is 4. The Labute approximate surface area is 240 Å². The van der Waals surface area contributed by atoms with Crippen LogP contribution < -0.4 is 29.1 Å². The molecule has 4 aromatic rings. The maximum Gasteiger partial charge on any atom is 0.338 e. The van der Waals surface area contributed by atoms with Crippen molar-refractivity contribution in [3.63, 3.8) is 0 Å². The second-order valence-electron chi connectivity index (χ2n) is 9.07. The van der Waals surface area contributed by atoms with Crippen LogP contribution in [-0.4, -0.2) is 31.4 Å². The molecule has 1 aliphatic rings. The quantitative estimate of drug-likeness (QED) is 0.214. The zero-order valence-corrected chi connectivity index (χ0v) is 23.6. The van der Waals surface area contributed by atoms with E-state index in [-0.39, 0.29) is 17.7 Å². The van der Waals surface area contributed by atoms with Crippen LogP contribution in [0.3, 0.4) is 0 Å². The van der Waals surface area contributed by atoms with Gasteiger partial charge in [0.2, 0.25) is 0 Å². The van der Waals surface area contributed by atoms with E-state index in [1.165, 1.54) is 29.1 Å². The molecule has 1 aliphatic heterocycles. The fourth-order valence-electron chi connectivity index (χ4n) is 4.58. The third-order valence-corrected chi connectivity index (χ3v) is 7.41. The molecule has 0 aliphatic carbocycles. The second-order valence-corrected chi connectivity index (χ2v) is 10.1. The third kappa shape index (κ3) is 5.71.